The number of hydrogen-bond donors (Lipinski definition) is 0. The molecule has 54 valence electrons. The van der Waals surface area contributed by atoms with Gasteiger partial charge in [0.15, 0.2) is 0 Å². The van der Waals surface area contributed by atoms with E-state index in [0.717, 1.165) is 15.9 Å². The van der Waals surface area contributed by atoms with Gasteiger partial charge >= 0.3 is 0 Å². The van der Waals surface area contributed by atoms with Crippen LogP contribution >= 0.6 is 27.5 Å². The maximum absolute atomic E-state index is 5.88. The van der Waals surface area contributed by atoms with Gasteiger partial charge in [0.25, 0.3) is 0 Å². The molecular formula is C8H8BrCl. The molecule has 0 saturated heterocycles. The smallest absolute Gasteiger partial charge is 0.0438 e. The fraction of sp³-hybridized carbons (Fsp3) is 0.250. The topological polar surface area (TPSA) is 0 Å². The summed E-state index contributed by atoms with van der Waals surface area (Å²) in [5.74, 6) is 0. The molecule has 0 saturated carbocycles. The van der Waals surface area contributed by atoms with Crippen molar-refractivity contribution in [3.8, 4) is 0 Å². The van der Waals surface area contributed by atoms with Crippen LogP contribution in [0.25, 0.3) is 0 Å². The number of halogens is 2. The average molecular weight is 220 g/mol. The van der Waals surface area contributed by atoms with Gasteiger partial charge in [-0.2, -0.15) is 0 Å². The molecule has 1 rings (SSSR count). The fourth-order valence-corrected chi connectivity index (χ4v) is 1.47. The van der Waals surface area contributed by atoms with E-state index < -0.39 is 0 Å². The molecule has 0 aliphatic heterocycles. The van der Waals surface area contributed by atoms with Crippen LogP contribution in [-0.2, 0) is 6.42 Å². The zero-order chi connectivity index (χ0) is 7.56. The van der Waals surface area contributed by atoms with Gasteiger partial charge in [0.1, 0.15) is 0 Å². The summed E-state index contributed by atoms with van der Waals surface area (Å²) in [6.45, 7) is 2.09. The summed E-state index contributed by atoms with van der Waals surface area (Å²) in [7, 11) is 0. The Labute approximate surface area is 74.3 Å². The Balaban J connectivity index is 3.09. The van der Waals surface area contributed by atoms with Crippen molar-refractivity contribution in [2.75, 3.05) is 0 Å². The Kier molecular flexibility index (Phi) is 2.75. The van der Waals surface area contributed by atoms with E-state index in [1.54, 1.807) is 0 Å². The van der Waals surface area contributed by atoms with Gasteiger partial charge in [-0.05, 0) is 30.2 Å². The lowest BCUT2D eigenvalue weighted by Crippen LogP contribution is -1.80. The lowest BCUT2D eigenvalue weighted by Gasteiger charge is -1.99. The third-order valence-corrected chi connectivity index (χ3v) is 2.25. The summed E-state index contributed by atoms with van der Waals surface area (Å²) in [5.41, 5.74) is 1.19. The fourth-order valence-electron chi connectivity index (χ4n) is 0.814. The van der Waals surface area contributed by atoms with Crippen LogP contribution in [0.15, 0.2) is 22.7 Å². The predicted molar refractivity (Wildman–Crippen MR) is 48.5 cm³/mol. The minimum atomic E-state index is 0.853. The maximum atomic E-state index is 5.88. The van der Waals surface area contributed by atoms with Crippen LogP contribution in [0.1, 0.15) is 12.5 Å². The van der Waals surface area contributed by atoms with Crippen molar-refractivity contribution in [3.63, 3.8) is 0 Å². The van der Waals surface area contributed by atoms with Gasteiger partial charge in [-0.15, -0.1) is 0 Å². The highest BCUT2D eigenvalue weighted by Crippen LogP contribution is 2.20. The minimum absolute atomic E-state index is 0.853. The predicted octanol–water partition coefficient (Wildman–Crippen LogP) is 3.66. The molecule has 10 heavy (non-hydrogen) atoms. The zero-order valence-electron chi connectivity index (χ0n) is 5.70. The van der Waals surface area contributed by atoms with Crippen LogP contribution in [0.2, 0.25) is 5.02 Å². The third-order valence-electron chi connectivity index (χ3n) is 1.39. The quantitative estimate of drug-likeness (QED) is 0.676. The Morgan fingerprint density at radius 2 is 2.20 bits per heavy atom. The zero-order valence-corrected chi connectivity index (χ0v) is 8.04. The molecule has 0 unspecified atom stereocenters. The highest BCUT2D eigenvalue weighted by atomic mass is 79.9. The molecule has 0 N–H and O–H groups in total. The molecule has 2 heteroatoms. The third kappa shape index (κ3) is 1.74. The minimum Gasteiger partial charge on any atom is -0.0840 e. The van der Waals surface area contributed by atoms with Gasteiger partial charge in [0.2, 0.25) is 0 Å². The molecule has 0 aliphatic rings. The number of benzene rings is 1. The molecule has 1 aromatic rings. The van der Waals surface area contributed by atoms with Crippen molar-refractivity contribution in [1.29, 1.82) is 0 Å². The highest BCUT2D eigenvalue weighted by Gasteiger charge is 1.96. The van der Waals surface area contributed by atoms with Crippen LogP contribution in [0.3, 0.4) is 0 Å². The molecule has 0 radical (unpaired) electrons. The van der Waals surface area contributed by atoms with E-state index in [2.05, 4.69) is 22.9 Å². The van der Waals surface area contributed by atoms with E-state index in [1.807, 2.05) is 18.2 Å². The second-order valence-corrected chi connectivity index (χ2v) is 3.41. The highest BCUT2D eigenvalue weighted by molar-refractivity contribution is 9.10. The van der Waals surface area contributed by atoms with Crippen molar-refractivity contribution < 1.29 is 0 Å². The van der Waals surface area contributed by atoms with Gasteiger partial charge in [0, 0.05) is 9.50 Å². The molecular weight excluding hydrogens is 211 g/mol. The largest absolute Gasteiger partial charge is 0.0840 e. The van der Waals surface area contributed by atoms with Crippen LogP contribution in [0.5, 0.6) is 0 Å². The first kappa shape index (κ1) is 8.09. The monoisotopic (exact) mass is 218 g/mol. The average Bonchev–Trinajstić information content (AvgIpc) is 1.94. The van der Waals surface area contributed by atoms with Crippen molar-refractivity contribution in [3.05, 3.63) is 33.3 Å². The molecule has 0 spiro atoms. The molecule has 0 aromatic heterocycles. The van der Waals surface area contributed by atoms with E-state index in [-0.39, 0.29) is 0 Å². The lowest BCUT2D eigenvalue weighted by molar-refractivity contribution is 1.14. The molecule has 0 amide bonds. The summed E-state index contributed by atoms with van der Waals surface area (Å²) in [4.78, 5) is 0. The second-order valence-electron chi connectivity index (χ2n) is 2.09. The maximum Gasteiger partial charge on any atom is 0.0438 e. The molecule has 1 aromatic carbocycles. The van der Waals surface area contributed by atoms with E-state index >= 15 is 0 Å². The number of hydrogen-bond acceptors (Lipinski definition) is 0. The molecule has 0 fully saturated rings. The van der Waals surface area contributed by atoms with Gasteiger partial charge in [0.05, 0.1) is 0 Å². The first-order chi connectivity index (χ1) is 4.74. The van der Waals surface area contributed by atoms with E-state index in [9.17, 15) is 0 Å². The van der Waals surface area contributed by atoms with Gasteiger partial charge in [-0.25, -0.2) is 0 Å². The SMILES string of the molecule is CCc1cc(Br)ccc1Cl. The van der Waals surface area contributed by atoms with E-state index in [1.165, 1.54) is 5.56 Å². The molecule has 0 aliphatic carbocycles. The van der Waals surface area contributed by atoms with Crippen molar-refractivity contribution in [1.82, 2.24) is 0 Å². The molecule has 0 heterocycles. The van der Waals surface area contributed by atoms with E-state index in [4.69, 9.17) is 11.6 Å². The molecule has 0 atom stereocenters. The van der Waals surface area contributed by atoms with E-state index in [0.29, 0.717) is 0 Å². The molecule has 0 nitrogen and oxygen atoms in total. The van der Waals surface area contributed by atoms with Crippen molar-refractivity contribution >= 4 is 27.5 Å². The second kappa shape index (κ2) is 3.40. The normalized spacial score (nSPS) is 9.90. The van der Waals surface area contributed by atoms with Crippen LogP contribution in [-0.4, -0.2) is 0 Å². The Hall–Kier alpha value is -0.0100. The van der Waals surface area contributed by atoms with Crippen molar-refractivity contribution in [2.24, 2.45) is 0 Å². The lowest BCUT2D eigenvalue weighted by atomic mass is 10.2. The van der Waals surface area contributed by atoms with Gasteiger partial charge < -0.3 is 0 Å². The summed E-state index contributed by atoms with van der Waals surface area (Å²) in [6.07, 6.45) is 0.984. The van der Waals surface area contributed by atoms with Crippen LogP contribution in [0.4, 0.5) is 0 Å². The number of rotatable bonds is 1. The summed E-state index contributed by atoms with van der Waals surface area (Å²) in [5, 5.41) is 0.853. The van der Waals surface area contributed by atoms with Crippen LogP contribution in [0, 0.1) is 0 Å². The van der Waals surface area contributed by atoms with Gasteiger partial charge in [-0.3, -0.25) is 0 Å². The Morgan fingerprint density at radius 1 is 1.50 bits per heavy atom. The Morgan fingerprint density at radius 3 is 2.70 bits per heavy atom. The standard InChI is InChI=1S/C8H8BrCl/c1-2-6-5-7(9)3-4-8(6)10/h3-5H,2H2,1H3. The summed E-state index contributed by atoms with van der Waals surface area (Å²) >= 11 is 9.25. The number of aryl methyl sites for hydroxylation is 1. The van der Waals surface area contributed by atoms with Crippen molar-refractivity contribution in [2.45, 2.75) is 13.3 Å². The van der Waals surface area contributed by atoms with Gasteiger partial charge in [-0.1, -0.05) is 34.5 Å². The Bertz CT molecular complexity index is 233. The summed E-state index contributed by atoms with van der Waals surface area (Å²) < 4.78 is 1.09. The molecule has 0 bridgehead atoms. The first-order valence-corrected chi connectivity index (χ1v) is 4.35. The van der Waals surface area contributed by atoms with Crippen LogP contribution < -0.4 is 0 Å². The summed E-state index contributed by atoms with van der Waals surface area (Å²) in [6, 6.07) is 5.90. The first-order valence-electron chi connectivity index (χ1n) is 3.18.